The lowest BCUT2D eigenvalue weighted by Gasteiger charge is -2.14. The minimum Gasteiger partial charge on any atom is -0.496 e. The molecule has 7 nitrogen and oxygen atoms in total. The summed E-state index contributed by atoms with van der Waals surface area (Å²) in [5, 5.41) is 8.76. The van der Waals surface area contributed by atoms with Gasteiger partial charge in [0.05, 0.1) is 23.1 Å². The highest BCUT2D eigenvalue weighted by Crippen LogP contribution is 2.29. The molecule has 10 heteroatoms. The number of para-hydroxylation sites is 1. The molecule has 0 aromatic heterocycles. The van der Waals surface area contributed by atoms with Crippen LogP contribution < -0.4 is 20.7 Å². The summed E-state index contributed by atoms with van der Waals surface area (Å²) in [4.78, 5) is 39.8. The molecule has 214 valence electrons. The minimum atomic E-state index is -0.516. The van der Waals surface area contributed by atoms with Crippen LogP contribution in [0.4, 0.5) is 11.4 Å². The normalized spacial score (nSPS) is 11.8. The van der Waals surface area contributed by atoms with E-state index in [1.807, 2.05) is 12.1 Å². The molecular formula is C32H27Cl2N3O4S. The van der Waals surface area contributed by atoms with E-state index in [4.69, 9.17) is 27.9 Å². The molecule has 0 saturated carbocycles. The molecule has 1 unspecified atom stereocenters. The van der Waals surface area contributed by atoms with Crippen molar-refractivity contribution in [3.63, 3.8) is 0 Å². The maximum Gasteiger partial charge on any atom is 0.272 e. The molecule has 42 heavy (non-hydrogen) atoms. The molecule has 0 heterocycles. The Labute approximate surface area is 258 Å². The zero-order chi connectivity index (χ0) is 30.1. The maximum atomic E-state index is 13.3. The average molecular weight is 621 g/mol. The molecular weight excluding hydrogens is 593 g/mol. The second-order valence-corrected chi connectivity index (χ2v) is 11.2. The maximum absolute atomic E-state index is 13.3. The van der Waals surface area contributed by atoms with Gasteiger partial charge in [0.25, 0.3) is 11.8 Å². The summed E-state index contributed by atoms with van der Waals surface area (Å²) < 4.78 is 5.41. The number of methoxy groups -OCH3 is 1. The van der Waals surface area contributed by atoms with Crippen LogP contribution in [0.15, 0.2) is 108 Å². The van der Waals surface area contributed by atoms with Crippen molar-refractivity contribution in [1.82, 2.24) is 5.32 Å². The van der Waals surface area contributed by atoms with E-state index in [-0.39, 0.29) is 11.6 Å². The Morgan fingerprint density at radius 3 is 2.24 bits per heavy atom. The molecule has 0 bridgehead atoms. The first kappa shape index (κ1) is 30.7. The first-order valence-electron chi connectivity index (χ1n) is 12.8. The van der Waals surface area contributed by atoms with Gasteiger partial charge in [-0.3, -0.25) is 14.4 Å². The number of thioether (sulfide) groups is 1. The predicted molar refractivity (Wildman–Crippen MR) is 170 cm³/mol. The number of hydrogen-bond donors (Lipinski definition) is 3. The van der Waals surface area contributed by atoms with Crippen LogP contribution in [0.1, 0.15) is 22.8 Å². The second-order valence-electron chi connectivity index (χ2n) is 8.97. The highest BCUT2D eigenvalue weighted by atomic mass is 35.5. The fraction of sp³-hybridized carbons (Fsp3) is 0.0938. The van der Waals surface area contributed by atoms with Crippen molar-refractivity contribution < 1.29 is 19.1 Å². The van der Waals surface area contributed by atoms with Gasteiger partial charge in [-0.2, -0.15) is 0 Å². The third kappa shape index (κ3) is 8.39. The standard InChI is InChI=1S/C32H27Cl2N3O4S/c1-20(30(38)36-27-17-12-23(33)19-26(27)34)42-25-15-13-24(14-16-25)35-32(40)28(18-22-10-6-7-11-29(22)41-2)37-31(39)21-8-4-3-5-9-21/h3-20H,1-2H3,(H,35,40)(H,36,38)(H,37,39)/b28-18-. The molecule has 3 N–H and O–H groups in total. The SMILES string of the molecule is COc1ccccc1/C=C(\NC(=O)c1ccccc1)C(=O)Nc1ccc(SC(C)C(=O)Nc2ccc(Cl)cc2Cl)cc1. The van der Waals surface area contributed by atoms with Gasteiger partial charge in [-0.25, -0.2) is 0 Å². The lowest BCUT2D eigenvalue weighted by atomic mass is 10.1. The molecule has 0 saturated heterocycles. The topological polar surface area (TPSA) is 96.5 Å². The van der Waals surface area contributed by atoms with Crippen molar-refractivity contribution in [2.75, 3.05) is 17.7 Å². The van der Waals surface area contributed by atoms with Crippen LogP contribution >= 0.6 is 35.0 Å². The highest BCUT2D eigenvalue weighted by molar-refractivity contribution is 8.00. The van der Waals surface area contributed by atoms with E-state index in [1.54, 1.807) is 97.9 Å². The van der Waals surface area contributed by atoms with Crippen LogP contribution in [0.5, 0.6) is 5.75 Å². The van der Waals surface area contributed by atoms with Crippen molar-refractivity contribution in [2.24, 2.45) is 0 Å². The Balaban J connectivity index is 1.45. The van der Waals surface area contributed by atoms with Crippen LogP contribution in [-0.2, 0) is 9.59 Å². The molecule has 0 spiro atoms. The number of carbonyl (C=O) groups excluding carboxylic acids is 3. The van der Waals surface area contributed by atoms with Gasteiger partial charge in [-0.1, -0.05) is 59.6 Å². The number of ether oxygens (including phenoxy) is 1. The van der Waals surface area contributed by atoms with Crippen LogP contribution in [0, 0.1) is 0 Å². The summed E-state index contributed by atoms with van der Waals surface area (Å²) in [6.07, 6.45) is 1.56. The Morgan fingerprint density at radius 2 is 1.55 bits per heavy atom. The van der Waals surface area contributed by atoms with Crippen molar-refractivity contribution in [1.29, 1.82) is 0 Å². The molecule has 0 aliphatic heterocycles. The Hall–Kier alpha value is -4.24. The Bertz CT molecular complexity index is 1610. The number of nitrogens with one attached hydrogen (secondary N) is 3. The van der Waals surface area contributed by atoms with Crippen LogP contribution in [0.3, 0.4) is 0 Å². The van der Waals surface area contributed by atoms with Gasteiger partial charge in [0.15, 0.2) is 0 Å². The number of benzene rings is 4. The van der Waals surface area contributed by atoms with E-state index in [2.05, 4.69) is 16.0 Å². The fourth-order valence-corrected chi connectivity index (χ4v) is 5.10. The lowest BCUT2D eigenvalue weighted by Crippen LogP contribution is -2.30. The first-order chi connectivity index (χ1) is 20.2. The molecule has 0 fully saturated rings. The van der Waals surface area contributed by atoms with Gasteiger partial charge in [0.1, 0.15) is 11.4 Å². The van der Waals surface area contributed by atoms with Crippen LogP contribution in [0.25, 0.3) is 6.08 Å². The van der Waals surface area contributed by atoms with E-state index in [1.165, 1.54) is 18.9 Å². The summed E-state index contributed by atoms with van der Waals surface area (Å²) in [6.45, 7) is 1.78. The summed E-state index contributed by atoms with van der Waals surface area (Å²) in [5.41, 5.74) is 2.06. The quantitative estimate of drug-likeness (QED) is 0.126. The number of amides is 3. The minimum absolute atomic E-state index is 0.0398. The van der Waals surface area contributed by atoms with Gasteiger partial charge in [-0.15, -0.1) is 11.8 Å². The third-order valence-electron chi connectivity index (χ3n) is 5.95. The molecule has 0 aliphatic carbocycles. The van der Waals surface area contributed by atoms with Gasteiger partial charge in [0, 0.05) is 26.7 Å². The summed E-state index contributed by atoms with van der Waals surface area (Å²) in [6, 6.07) is 27.7. The van der Waals surface area contributed by atoms with Gasteiger partial charge in [0.2, 0.25) is 5.91 Å². The Kier molecular flexibility index (Phi) is 10.7. The summed E-state index contributed by atoms with van der Waals surface area (Å²) >= 11 is 13.4. The molecule has 0 aliphatic rings. The number of rotatable bonds is 10. The average Bonchev–Trinajstić information content (AvgIpc) is 2.99. The lowest BCUT2D eigenvalue weighted by molar-refractivity contribution is -0.115. The van der Waals surface area contributed by atoms with E-state index in [0.717, 1.165) is 4.90 Å². The van der Waals surface area contributed by atoms with Gasteiger partial charge < -0.3 is 20.7 Å². The second kappa shape index (κ2) is 14.6. The first-order valence-corrected chi connectivity index (χ1v) is 14.4. The third-order valence-corrected chi connectivity index (χ3v) is 7.61. The Morgan fingerprint density at radius 1 is 0.857 bits per heavy atom. The van der Waals surface area contributed by atoms with Gasteiger partial charge >= 0.3 is 0 Å². The number of hydrogen-bond acceptors (Lipinski definition) is 5. The monoisotopic (exact) mass is 619 g/mol. The largest absolute Gasteiger partial charge is 0.496 e. The van der Waals surface area contributed by atoms with E-state index in [0.29, 0.717) is 38.3 Å². The zero-order valence-electron chi connectivity index (χ0n) is 22.7. The smallest absolute Gasteiger partial charge is 0.272 e. The molecule has 3 amide bonds. The molecule has 1 atom stereocenters. The van der Waals surface area contributed by atoms with E-state index < -0.39 is 17.1 Å². The predicted octanol–water partition coefficient (Wildman–Crippen LogP) is 7.53. The molecule has 0 radical (unpaired) electrons. The number of carbonyl (C=O) groups is 3. The van der Waals surface area contributed by atoms with Crippen molar-refractivity contribution in [3.8, 4) is 5.75 Å². The fourth-order valence-electron chi connectivity index (χ4n) is 3.78. The number of anilines is 2. The summed E-state index contributed by atoms with van der Waals surface area (Å²) in [7, 11) is 1.53. The van der Waals surface area contributed by atoms with Crippen molar-refractivity contribution >= 4 is 70.1 Å². The molecule has 4 aromatic carbocycles. The number of halogens is 2. The van der Waals surface area contributed by atoms with Crippen LogP contribution in [0.2, 0.25) is 10.0 Å². The van der Waals surface area contributed by atoms with E-state index in [9.17, 15) is 14.4 Å². The van der Waals surface area contributed by atoms with Crippen molar-refractivity contribution in [3.05, 3.63) is 124 Å². The van der Waals surface area contributed by atoms with Crippen LogP contribution in [-0.4, -0.2) is 30.1 Å². The zero-order valence-corrected chi connectivity index (χ0v) is 25.0. The van der Waals surface area contributed by atoms with Gasteiger partial charge in [-0.05, 0) is 73.7 Å². The van der Waals surface area contributed by atoms with Crippen molar-refractivity contribution in [2.45, 2.75) is 17.1 Å². The molecule has 4 rings (SSSR count). The van der Waals surface area contributed by atoms with E-state index >= 15 is 0 Å². The highest BCUT2D eigenvalue weighted by Gasteiger charge is 2.18. The summed E-state index contributed by atoms with van der Waals surface area (Å²) in [5.74, 6) is -0.611. The molecule has 4 aromatic rings.